The minimum absolute atomic E-state index is 0.122. The third-order valence-electron chi connectivity index (χ3n) is 4.98. The van der Waals surface area contributed by atoms with Gasteiger partial charge >= 0.3 is 0 Å². The van der Waals surface area contributed by atoms with E-state index in [4.69, 9.17) is 23.2 Å². The van der Waals surface area contributed by atoms with Crippen LogP contribution in [0.15, 0.2) is 83.1 Å². The summed E-state index contributed by atoms with van der Waals surface area (Å²) in [5.74, 6) is 0.571. The number of nitrogens with zero attached hydrogens (tertiary/aromatic N) is 4. The fourth-order valence-electron chi connectivity index (χ4n) is 3.16. The molecule has 9 heteroatoms. The van der Waals surface area contributed by atoms with Crippen LogP contribution in [0.1, 0.15) is 18.1 Å². The predicted molar refractivity (Wildman–Crippen MR) is 139 cm³/mol. The number of carbonyl (C=O) groups is 1. The van der Waals surface area contributed by atoms with Crippen LogP contribution in [0.4, 0.5) is 0 Å². The maximum Gasteiger partial charge on any atom is 0.250 e. The van der Waals surface area contributed by atoms with Gasteiger partial charge in [-0.15, -0.1) is 10.2 Å². The number of amides is 1. The van der Waals surface area contributed by atoms with Crippen LogP contribution in [-0.2, 0) is 4.79 Å². The van der Waals surface area contributed by atoms with Crippen molar-refractivity contribution in [2.45, 2.75) is 19.0 Å². The van der Waals surface area contributed by atoms with Gasteiger partial charge < -0.3 is 0 Å². The zero-order chi connectivity index (χ0) is 24.1. The Morgan fingerprint density at radius 3 is 2.44 bits per heavy atom. The van der Waals surface area contributed by atoms with E-state index in [2.05, 4.69) is 20.7 Å². The predicted octanol–water partition coefficient (Wildman–Crippen LogP) is 6.18. The third kappa shape index (κ3) is 5.67. The van der Waals surface area contributed by atoms with E-state index in [1.165, 1.54) is 11.8 Å². The molecule has 0 bridgehead atoms. The lowest BCUT2D eigenvalue weighted by Crippen LogP contribution is -2.21. The summed E-state index contributed by atoms with van der Waals surface area (Å²) in [6.07, 6.45) is 0. The maximum absolute atomic E-state index is 12.5. The number of benzene rings is 3. The number of rotatable bonds is 7. The van der Waals surface area contributed by atoms with Crippen molar-refractivity contribution in [3.05, 3.63) is 94.0 Å². The Hall–Kier alpha value is -3.13. The van der Waals surface area contributed by atoms with E-state index in [1.54, 1.807) is 25.1 Å². The van der Waals surface area contributed by atoms with Gasteiger partial charge in [-0.05, 0) is 43.7 Å². The van der Waals surface area contributed by atoms with Gasteiger partial charge in [0.1, 0.15) is 0 Å². The van der Waals surface area contributed by atoms with E-state index in [-0.39, 0.29) is 11.7 Å². The molecule has 0 aliphatic rings. The average molecular weight is 510 g/mol. The second-order valence-corrected chi connectivity index (χ2v) is 9.25. The Bertz CT molecular complexity index is 1340. The van der Waals surface area contributed by atoms with E-state index >= 15 is 0 Å². The first-order chi connectivity index (χ1) is 16.4. The Labute approximate surface area is 212 Å². The molecular formula is C25H21Cl2N5OS. The number of aryl methyl sites for hydroxylation is 1. The summed E-state index contributed by atoms with van der Waals surface area (Å²) < 4.78 is 1.96. The first kappa shape index (κ1) is 24.0. The second-order valence-electron chi connectivity index (χ2n) is 7.49. The van der Waals surface area contributed by atoms with Crippen LogP contribution in [0.25, 0.3) is 17.1 Å². The maximum atomic E-state index is 12.5. The quantitative estimate of drug-likeness (QED) is 0.183. The molecule has 4 aromatic rings. The molecule has 1 amide bonds. The number of hydrogen-bond donors (Lipinski definition) is 1. The largest absolute Gasteiger partial charge is 0.272 e. The molecule has 0 saturated heterocycles. The Kier molecular flexibility index (Phi) is 7.67. The van der Waals surface area contributed by atoms with Crippen LogP contribution < -0.4 is 5.43 Å². The molecule has 6 nitrogen and oxygen atoms in total. The van der Waals surface area contributed by atoms with Crippen LogP contribution >= 0.6 is 35.0 Å². The van der Waals surface area contributed by atoms with Crippen LogP contribution in [0, 0.1) is 6.92 Å². The first-order valence-electron chi connectivity index (χ1n) is 10.4. The van der Waals surface area contributed by atoms with Gasteiger partial charge in [0, 0.05) is 11.3 Å². The summed E-state index contributed by atoms with van der Waals surface area (Å²) in [5.41, 5.74) is 6.99. The second kappa shape index (κ2) is 10.9. The average Bonchev–Trinajstić information content (AvgIpc) is 3.28. The van der Waals surface area contributed by atoms with Gasteiger partial charge in [-0.25, -0.2) is 5.43 Å². The zero-order valence-corrected chi connectivity index (χ0v) is 20.8. The highest BCUT2D eigenvalue weighted by Crippen LogP contribution is 2.28. The van der Waals surface area contributed by atoms with Crippen molar-refractivity contribution in [1.29, 1.82) is 0 Å². The van der Waals surface area contributed by atoms with Crippen molar-refractivity contribution < 1.29 is 4.79 Å². The number of halogens is 2. The molecule has 3 aromatic carbocycles. The summed E-state index contributed by atoms with van der Waals surface area (Å²) in [5, 5.41) is 14.4. The summed E-state index contributed by atoms with van der Waals surface area (Å²) in [6, 6.07) is 23.1. The van der Waals surface area contributed by atoms with Crippen LogP contribution in [-0.4, -0.2) is 32.1 Å². The number of hydrazone groups is 1. The molecular weight excluding hydrogens is 489 g/mol. The number of nitrogens with one attached hydrogen (secondary N) is 1. The molecule has 4 rings (SSSR count). The zero-order valence-electron chi connectivity index (χ0n) is 18.5. The fraction of sp³-hybridized carbons (Fsp3) is 0.120. The first-order valence-corrected chi connectivity index (χ1v) is 12.2. The standard InChI is InChI=1S/C25H21Cl2N5OS/c1-16-8-11-20(12-9-16)32-24(18-6-4-3-5-7-18)30-31-25(32)34-15-23(33)29-28-17(2)19-10-13-21(26)22(27)14-19/h3-14H,15H2,1-2H3,(H,29,33). The lowest BCUT2D eigenvalue weighted by Gasteiger charge is -2.10. The topological polar surface area (TPSA) is 72.2 Å². The van der Waals surface area contributed by atoms with Crippen LogP contribution in [0.3, 0.4) is 0 Å². The highest BCUT2D eigenvalue weighted by atomic mass is 35.5. The Morgan fingerprint density at radius 1 is 1.00 bits per heavy atom. The monoisotopic (exact) mass is 509 g/mol. The summed E-state index contributed by atoms with van der Waals surface area (Å²) in [4.78, 5) is 12.5. The lowest BCUT2D eigenvalue weighted by atomic mass is 10.1. The van der Waals surface area contributed by atoms with Gasteiger partial charge in [0.25, 0.3) is 5.91 Å². The van der Waals surface area contributed by atoms with Gasteiger partial charge in [0.2, 0.25) is 0 Å². The molecule has 0 radical (unpaired) electrons. The molecule has 0 saturated carbocycles. The Balaban J connectivity index is 1.51. The molecule has 0 aliphatic heterocycles. The molecule has 1 heterocycles. The summed E-state index contributed by atoms with van der Waals surface area (Å²) in [6.45, 7) is 3.82. The molecule has 0 spiro atoms. The Morgan fingerprint density at radius 2 is 1.74 bits per heavy atom. The number of hydrogen-bond acceptors (Lipinski definition) is 5. The van der Waals surface area contributed by atoms with E-state index in [1.807, 2.05) is 66.1 Å². The molecule has 0 unspecified atom stereocenters. The van der Waals surface area contributed by atoms with E-state index in [0.29, 0.717) is 26.7 Å². The van der Waals surface area contributed by atoms with Gasteiger partial charge in [-0.2, -0.15) is 5.10 Å². The number of thioether (sulfide) groups is 1. The number of carbonyl (C=O) groups excluding carboxylic acids is 1. The molecule has 1 N–H and O–H groups in total. The van der Waals surface area contributed by atoms with Gasteiger partial charge in [0.15, 0.2) is 11.0 Å². The van der Waals surface area contributed by atoms with Crippen molar-refractivity contribution in [3.63, 3.8) is 0 Å². The molecule has 1 aromatic heterocycles. The molecule has 0 aliphatic carbocycles. The van der Waals surface area contributed by atoms with Crippen LogP contribution in [0.2, 0.25) is 10.0 Å². The van der Waals surface area contributed by atoms with Crippen molar-refractivity contribution in [1.82, 2.24) is 20.2 Å². The SMILES string of the molecule is CC(=NNC(=O)CSc1nnc(-c2ccccc2)n1-c1ccc(C)cc1)c1ccc(Cl)c(Cl)c1. The van der Waals surface area contributed by atoms with Crippen molar-refractivity contribution >= 4 is 46.6 Å². The van der Waals surface area contributed by atoms with Gasteiger partial charge in [-0.3, -0.25) is 9.36 Å². The normalized spacial score (nSPS) is 11.5. The van der Waals surface area contributed by atoms with Gasteiger partial charge in [0.05, 0.1) is 21.5 Å². The highest BCUT2D eigenvalue weighted by Gasteiger charge is 2.17. The smallest absolute Gasteiger partial charge is 0.250 e. The minimum Gasteiger partial charge on any atom is -0.272 e. The fourth-order valence-corrected chi connectivity index (χ4v) is 4.20. The molecule has 0 atom stereocenters. The molecule has 172 valence electrons. The van der Waals surface area contributed by atoms with Crippen molar-refractivity contribution in [2.75, 3.05) is 5.75 Å². The summed E-state index contributed by atoms with van der Waals surface area (Å²) in [7, 11) is 0. The van der Waals surface area contributed by atoms with E-state index < -0.39 is 0 Å². The van der Waals surface area contributed by atoms with Gasteiger partial charge in [-0.1, -0.05) is 89.1 Å². The molecule has 0 fully saturated rings. The number of aromatic nitrogens is 3. The highest BCUT2D eigenvalue weighted by molar-refractivity contribution is 7.99. The molecule has 34 heavy (non-hydrogen) atoms. The lowest BCUT2D eigenvalue weighted by molar-refractivity contribution is -0.118. The van der Waals surface area contributed by atoms with E-state index in [0.717, 1.165) is 22.4 Å². The van der Waals surface area contributed by atoms with E-state index in [9.17, 15) is 4.79 Å². The summed E-state index contributed by atoms with van der Waals surface area (Å²) >= 11 is 13.3. The van der Waals surface area contributed by atoms with Crippen LogP contribution in [0.5, 0.6) is 0 Å². The van der Waals surface area contributed by atoms with Crippen molar-refractivity contribution in [3.8, 4) is 17.1 Å². The minimum atomic E-state index is -0.260. The van der Waals surface area contributed by atoms with Crippen molar-refractivity contribution in [2.24, 2.45) is 5.10 Å². The third-order valence-corrected chi connectivity index (χ3v) is 6.64.